The number of hydrogen-bond acceptors (Lipinski definition) is 1. The van der Waals surface area contributed by atoms with E-state index in [1.807, 2.05) is 7.11 Å². The molecule has 1 nitrogen and oxygen atoms in total. The molecule has 0 aromatic rings. The van der Waals surface area contributed by atoms with Crippen LogP contribution in [-0.2, 0) is 4.74 Å². The quantitative estimate of drug-likeness (QED) is 0.625. The van der Waals surface area contributed by atoms with Gasteiger partial charge in [0.15, 0.2) is 0 Å². The lowest BCUT2D eigenvalue weighted by Gasteiger charge is -2.60. The van der Waals surface area contributed by atoms with Gasteiger partial charge in [-0.2, -0.15) is 0 Å². The Morgan fingerprint density at radius 2 is 1.57 bits per heavy atom. The number of hydrogen-bond donors (Lipinski definition) is 0. The second-order valence-electron chi connectivity index (χ2n) is 9.25. The molecule has 0 bridgehead atoms. The van der Waals surface area contributed by atoms with Crippen LogP contribution in [0.1, 0.15) is 78.1 Å². The Hall–Kier alpha value is -0.0400. The van der Waals surface area contributed by atoms with E-state index in [1.54, 1.807) is 0 Å². The van der Waals surface area contributed by atoms with Crippen molar-refractivity contribution in [1.82, 2.24) is 0 Å². The van der Waals surface area contributed by atoms with Gasteiger partial charge in [-0.3, -0.25) is 0 Å². The lowest BCUT2D eigenvalue weighted by atomic mass is 9.45. The summed E-state index contributed by atoms with van der Waals surface area (Å²) < 4.78 is 5.90. The third-order valence-electron chi connectivity index (χ3n) is 8.78. The van der Waals surface area contributed by atoms with Crippen molar-refractivity contribution in [2.75, 3.05) is 7.11 Å². The predicted molar refractivity (Wildman–Crippen MR) is 87.1 cm³/mol. The van der Waals surface area contributed by atoms with Crippen molar-refractivity contribution in [1.29, 1.82) is 0 Å². The monoisotopic (exact) mass is 290 g/mol. The van der Waals surface area contributed by atoms with Gasteiger partial charge in [-0.25, -0.2) is 0 Å². The summed E-state index contributed by atoms with van der Waals surface area (Å²) in [7, 11) is 1.95. The van der Waals surface area contributed by atoms with Crippen LogP contribution in [0, 0.1) is 34.5 Å². The molecule has 0 aromatic heterocycles. The van der Waals surface area contributed by atoms with Gasteiger partial charge in [0.2, 0.25) is 0 Å². The van der Waals surface area contributed by atoms with Crippen molar-refractivity contribution < 1.29 is 4.74 Å². The van der Waals surface area contributed by atoms with Gasteiger partial charge < -0.3 is 4.74 Å². The maximum absolute atomic E-state index is 5.90. The van der Waals surface area contributed by atoms with Crippen molar-refractivity contribution in [3.8, 4) is 0 Å². The molecule has 120 valence electrons. The molecule has 21 heavy (non-hydrogen) atoms. The minimum Gasteiger partial charge on any atom is -0.381 e. The van der Waals surface area contributed by atoms with Crippen molar-refractivity contribution in [3.63, 3.8) is 0 Å². The Balaban J connectivity index is 1.62. The van der Waals surface area contributed by atoms with E-state index in [-0.39, 0.29) is 0 Å². The van der Waals surface area contributed by atoms with Crippen molar-refractivity contribution in [2.24, 2.45) is 34.5 Å². The smallest absolute Gasteiger partial charge is 0.0627 e. The standard InChI is InChI=1S/C20H34O/c1-19-12-5-4-6-14(19)7-8-15-16-9-10-18(21-3)20(16,2)13-11-17(15)19/h14-18H,4-13H2,1-3H3/t14?,15-,16-,17+,18?,19-,20-/m0/s1. The molecule has 0 N–H and O–H groups in total. The molecule has 0 radical (unpaired) electrons. The normalized spacial score (nSPS) is 56.4. The zero-order chi connectivity index (χ0) is 14.7. The van der Waals surface area contributed by atoms with E-state index < -0.39 is 0 Å². The number of rotatable bonds is 1. The molecule has 7 atom stereocenters. The Morgan fingerprint density at radius 3 is 2.38 bits per heavy atom. The van der Waals surface area contributed by atoms with Crippen LogP contribution in [0.15, 0.2) is 0 Å². The van der Waals surface area contributed by atoms with E-state index in [9.17, 15) is 0 Å². The summed E-state index contributed by atoms with van der Waals surface area (Å²) in [6.07, 6.45) is 15.3. The van der Waals surface area contributed by atoms with Gasteiger partial charge in [0.1, 0.15) is 0 Å². The molecule has 0 spiro atoms. The predicted octanol–water partition coefficient (Wildman–Crippen LogP) is 5.43. The summed E-state index contributed by atoms with van der Waals surface area (Å²) in [6.45, 7) is 5.24. The highest BCUT2D eigenvalue weighted by Gasteiger charge is 2.59. The van der Waals surface area contributed by atoms with Crippen molar-refractivity contribution in [3.05, 3.63) is 0 Å². The van der Waals surface area contributed by atoms with E-state index in [0.29, 0.717) is 16.9 Å². The molecule has 4 aliphatic carbocycles. The molecular formula is C20H34O. The molecule has 4 fully saturated rings. The van der Waals surface area contributed by atoms with E-state index in [1.165, 1.54) is 64.2 Å². The zero-order valence-electron chi connectivity index (χ0n) is 14.4. The van der Waals surface area contributed by atoms with E-state index >= 15 is 0 Å². The summed E-state index contributed by atoms with van der Waals surface area (Å²) in [5.41, 5.74) is 1.18. The van der Waals surface area contributed by atoms with E-state index in [2.05, 4.69) is 13.8 Å². The average Bonchev–Trinajstić information content (AvgIpc) is 2.83. The van der Waals surface area contributed by atoms with E-state index in [4.69, 9.17) is 4.74 Å². The fraction of sp³-hybridized carbons (Fsp3) is 1.00. The number of methoxy groups -OCH3 is 1. The van der Waals surface area contributed by atoms with Crippen LogP contribution < -0.4 is 0 Å². The van der Waals surface area contributed by atoms with Gasteiger partial charge in [0.05, 0.1) is 6.10 Å². The first-order valence-corrected chi connectivity index (χ1v) is 9.62. The van der Waals surface area contributed by atoms with Crippen molar-refractivity contribution >= 4 is 0 Å². The maximum atomic E-state index is 5.90. The number of fused-ring (bicyclic) bond motifs is 5. The van der Waals surface area contributed by atoms with Crippen LogP contribution in [0.2, 0.25) is 0 Å². The first-order valence-electron chi connectivity index (χ1n) is 9.62. The minimum absolute atomic E-state index is 0.494. The van der Waals surface area contributed by atoms with Gasteiger partial charge in [-0.05, 0) is 85.9 Å². The zero-order valence-corrected chi connectivity index (χ0v) is 14.4. The lowest BCUT2D eigenvalue weighted by Crippen LogP contribution is -2.53. The number of ether oxygens (including phenoxy) is 1. The molecule has 2 unspecified atom stereocenters. The van der Waals surface area contributed by atoms with Crippen LogP contribution in [0.3, 0.4) is 0 Å². The molecular weight excluding hydrogens is 256 g/mol. The first-order chi connectivity index (χ1) is 10.1. The van der Waals surface area contributed by atoms with Crippen LogP contribution in [0.5, 0.6) is 0 Å². The molecule has 0 amide bonds. The molecule has 1 heteroatoms. The highest BCUT2D eigenvalue weighted by molar-refractivity contribution is 5.09. The molecule has 4 saturated carbocycles. The lowest BCUT2D eigenvalue weighted by molar-refractivity contribution is -0.125. The summed E-state index contributed by atoms with van der Waals surface area (Å²) >= 11 is 0. The molecule has 0 aromatic carbocycles. The van der Waals surface area contributed by atoms with Gasteiger partial charge >= 0.3 is 0 Å². The van der Waals surface area contributed by atoms with Gasteiger partial charge in [0, 0.05) is 7.11 Å². The van der Waals surface area contributed by atoms with Gasteiger partial charge in [0.25, 0.3) is 0 Å². The minimum atomic E-state index is 0.494. The second-order valence-corrected chi connectivity index (χ2v) is 9.25. The summed E-state index contributed by atoms with van der Waals surface area (Å²) in [5.74, 6) is 4.06. The Kier molecular flexibility index (Phi) is 3.45. The Labute approximate surface area is 131 Å². The summed E-state index contributed by atoms with van der Waals surface area (Å²) in [5, 5.41) is 0. The van der Waals surface area contributed by atoms with Crippen LogP contribution in [-0.4, -0.2) is 13.2 Å². The SMILES string of the molecule is COC1CC[C@H]2[C@@H]3CCC4CCCC[C@]4(C)[C@@H]3CC[C@]12C. The molecule has 0 saturated heterocycles. The third-order valence-corrected chi connectivity index (χ3v) is 8.78. The average molecular weight is 290 g/mol. The van der Waals surface area contributed by atoms with E-state index in [0.717, 1.165) is 23.7 Å². The molecule has 0 heterocycles. The molecule has 4 aliphatic rings. The fourth-order valence-electron chi connectivity index (χ4n) is 7.63. The largest absolute Gasteiger partial charge is 0.381 e. The topological polar surface area (TPSA) is 9.23 Å². The summed E-state index contributed by atoms with van der Waals surface area (Å²) in [4.78, 5) is 0. The van der Waals surface area contributed by atoms with Gasteiger partial charge in [-0.15, -0.1) is 0 Å². The maximum Gasteiger partial charge on any atom is 0.0627 e. The van der Waals surface area contributed by atoms with Gasteiger partial charge in [-0.1, -0.05) is 26.7 Å². The van der Waals surface area contributed by atoms with Crippen molar-refractivity contribution in [2.45, 2.75) is 84.2 Å². The Bertz CT molecular complexity index is 405. The molecule has 0 aliphatic heterocycles. The third kappa shape index (κ3) is 1.92. The first kappa shape index (κ1) is 14.5. The molecule has 4 rings (SSSR count). The highest BCUT2D eigenvalue weighted by atomic mass is 16.5. The summed E-state index contributed by atoms with van der Waals surface area (Å²) in [6, 6.07) is 0. The highest BCUT2D eigenvalue weighted by Crippen LogP contribution is 2.66. The Morgan fingerprint density at radius 1 is 0.762 bits per heavy atom. The fourth-order valence-corrected chi connectivity index (χ4v) is 7.63. The second kappa shape index (κ2) is 4.98. The van der Waals surface area contributed by atoms with Crippen LogP contribution in [0.25, 0.3) is 0 Å². The van der Waals surface area contributed by atoms with Crippen LogP contribution >= 0.6 is 0 Å². The van der Waals surface area contributed by atoms with Crippen LogP contribution in [0.4, 0.5) is 0 Å².